The van der Waals surface area contributed by atoms with Crippen LogP contribution >= 0.6 is 22.7 Å². The number of hydrogen-bond acceptors (Lipinski definition) is 2. The fourth-order valence-corrected chi connectivity index (χ4v) is 5.56. The number of aryl methyl sites for hydroxylation is 2. The fraction of sp³-hybridized carbons (Fsp3) is 0.217. The summed E-state index contributed by atoms with van der Waals surface area (Å²) >= 11 is 1.92. The fourth-order valence-electron chi connectivity index (χ4n) is 3.70. The Morgan fingerprint density at radius 3 is 1.81 bits per heavy atom. The molecular formula is C23H13F6S2-. The molecule has 0 saturated carbocycles. The molecule has 1 aliphatic rings. The van der Waals surface area contributed by atoms with E-state index in [0.717, 1.165) is 28.7 Å². The molecule has 1 aliphatic carbocycles. The first-order chi connectivity index (χ1) is 14.4. The molecule has 2 heterocycles. The van der Waals surface area contributed by atoms with E-state index in [0.29, 0.717) is 10.4 Å². The summed E-state index contributed by atoms with van der Waals surface area (Å²) in [7, 11) is 0. The second-order valence-corrected chi connectivity index (χ2v) is 9.64. The van der Waals surface area contributed by atoms with Gasteiger partial charge in [0.25, 0.3) is 0 Å². The predicted octanol–water partition coefficient (Wildman–Crippen LogP) is 7.86. The van der Waals surface area contributed by atoms with Crippen LogP contribution in [0.1, 0.15) is 25.8 Å². The third-order valence-corrected chi connectivity index (χ3v) is 7.29. The van der Waals surface area contributed by atoms with E-state index in [2.05, 4.69) is 0 Å². The number of allylic oxidation sites excluding steroid dienone is 2. The van der Waals surface area contributed by atoms with Gasteiger partial charge in [-0.15, -0.1) is 17.4 Å². The molecule has 0 spiro atoms. The normalized spacial score (nSPS) is 18.9. The molecule has 0 saturated heterocycles. The first kappa shape index (κ1) is 21.7. The number of alkyl halides is 6. The summed E-state index contributed by atoms with van der Waals surface area (Å²) in [5.41, 5.74) is -2.83. The van der Waals surface area contributed by atoms with Gasteiger partial charge in [-0.05, 0) is 41.5 Å². The van der Waals surface area contributed by atoms with Crippen LogP contribution < -0.4 is 0 Å². The molecule has 1 aromatic carbocycles. The summed E-state index contributed by atoms with van der Waals surface area (Å²) in [5.74, 6) is -13.8. The lowest BCUT2D eigenvalue weighted by molar-refractivity contribution is -0.254. The highest BCUT2D eigenvalue weighted by Crippen LogP contribution is 2.65. The topological polar surface area (TPSA) is 0 Å². The lowest BCUT2D eigenvalue weighted by Crippen LogP contribution is -2.48. The van der Waals surface area contributed by atoms with Crippen LogP contribution in [0.4, 0.5) is 26.3 Å². The zero-order valence-electron chi connectivity index (χ0n) is 16.1. The minimum Gasteiger partial charge on any atom is -0.365 e. The van der Waals surface area contributed by atoms with Crippen molar-refractivity contribution in [2.45, 2.75) is 31.6 Å². The number of thiophene rings is 2. The van der Waals surface area contributed by atoms with Gasteiger partial charge in [0.1, 0.15) is 0 Å². The molecule has 0 bridgehead atoms. The van der Waals surface area contributed by atoms with E-state index in [-0.39, 0.29) is 20.2 Å². The lowest BCUT2D eigenvalue weighted by atomic mass is 9.95. The van der Waals surface area contributed by atoms with Crippen LogP contribution in [0.25, 0.3) is 21.6 Å². The van der Waals surface area contributed by atoms with Crippen LogP contribution in [-0.2, 0) is 0 Å². The van der Waals surface area contributed by atoms with Gasteiger partial charge in [-0.25, -0.2) is 11.3 Å². The van der Waals surface area contributed by atoms with Crippen molar-refractivity contribution in [3.05, 3.63) is 74.6 Å². The van der Waals surface area contributed by atoms with Gasteiger partial charge in [0, 0.05) is 20.9 Å². The van der Waals surface area contributed by atoms with Crippen LogP contribution in [0, 0.1) is 26.2 Å². The molecule has 0 atom stereocenters. The molecule has 0 fully saturated rings. The standard InChI is InChI=1S/C23H13F6S2/c1-4-15-10-16(12(2)30-15)19-20(22(26,27)23(28,29)21(19,24)25)17-11-18(31-13(17)3)14-8-6-5-7-9-14/h5-11H,2-3H3/q-1. The van der Waals surface area contributed by atoms with Crippen molar-refractivity contribution in [1.82, 2.24) is 0 Å². The maximum Gasteiger partial charge on any atom is 0.380 e. The second kappa shape index (κ2) is 7.01. The van der Waals surface area contributed by atoms with E-state index in [1.54, 1.807) is 30.3 Å². The zero-order valence-corrected chi connectivity index (χ0v) is 17.8. The van der Waals surface area contributed by atoms with Crippen LogP contribution in [0.3, 0.4) is 0 Å². The molecule has 3 aromatic rings. The number of halogens is 6. The summed E-state index contributed by atoms with van der Waals surface area (Å²) in [6.45, 7) is 2.81. The van der Waals surface area contributed by atoms with Crippen molar-refractivity contribution >= 4 is 33.8 Å². The molecule has 8 heteroatoms. The van der Waals surface area contributed by atoms with E-state index >= 15 is 0 Å². The summed E-state index contributed by atoms with van der Waals surface area (Å²) in [5, 5.41) is 0. The Morgan fingerprint density at radius 2 is 1.29 bits per heavy atom. The van der Waals surface area contributed by atoms with E-state index in [1.807, 2.05) is 5.92 Å². The average Bonchev–Trinajstić information content (AvgIpc) is 3.30. The molecule has 0 nitrogen and oxygen atoms in total. The van der Waals surface area contributed by atoms with Crippen LogP contribution in [0.15, 0.2) is 42.5 Å². The van der Waals surface area contributed by atoms with Gasteiger partial charge in [0.05, 0.1) is 0 Å². The Hall–Kier alpha value is -2.50. The van der Waals surface area contributed by atoms with Crippen molar-refractivity contribution in [3.63, 3.8) is 0 Å². The third kappa shape index (κ3) is 2.98. The van der Waals surface area contributed by atoms with Gasteiger partial charge in [-0.1, -0.05) is 35.2 Å². The molecule has 0 aliphatic heterocycles. The molecule has 0 amide bonds. The minimum absolute atomic E-state index is 0.0840. The van der Waals surface area contributed by atoms with Gasteiger partial charge in [-0.3, -0.25) is 5.92 Å². The van der Waals surface area contributed by atoms with Crippen molar-refractivity contribution < 1.29 is 26.3 Å². The Bertz CT molecular complexity index is 1240. The molecule has 0 N–H and O–H groups in total. The first-order valence-electron chi connectivity index (χ1n) is 9.02. The minimum atomic E-state index is -5.60. The molecule has 0 radical (unpaired) electrons. The van der Waals surface area contributed by atoms with Crippen LogP contribution in [0.2, 0.25) is 0 Å². The Labute approximate surface area is 182 Å². The smallest absolute Gasteiger partial charge is 0.365 e. The molecule has 0 unspecified atom stereocenters. The number of rotatable bonds is 3. The van der Waals surface area contributed by atoms with Gasteiger partial charge in [-0.2, -0.15) is 26.3 Å². The van der Waals surface area contributed by atoms with E-state index < -0.39 is 34.5 Å². The second-order valence-electron chi connectivity index (χ2n) is 7.13. The van der Waals surface area contributed by atoms with Gasteiger partial charge in [0.2, 0.25) is 0 Å². The highest BCUT2D eigenvalue weighted by atomic mass is 32.1. The maximum absolute atomic E-state index is 15.0. The quantitative estimate of drug-likeness (QED) is 0.209. The lowest BCUT2D eigenvalue weighted by Gasteiger charge is -2.25. The summed E-state index contributed by atoms with van der Waals surface area (Å²) in [4.78, 5) is 0.948. The Morgan fingerprint density at radius 1 is 0.774 bits per heavy atom. The third-order valence-electron chi connectivity index (χ3n) is 5.22. The number of benzene rings is 1. The van der Waals surface area contributed by atoms with Crippen molar-refractivity contribution in [2.24, 2.45) is 0 Å². The molecule has 31 heavy (non-hydrogen) atoms. The van der Waals surface area contributed by atoms with Crippen LogP contribution in [-0.4, -0.2) is 17.8 Å². The van der Waals surface area contributed by atoms with Crippen molar-refractivity contribution in [1.29, 1.82) is 0 Å². The molecular weight excluding hydrogens is 454 g/mol. The molecule has 160 valence electrons. The van der Waals surface area contributed by atoms with Crippen molar-refractivity contribution in [3.8, 4) is 16.4 Å². The maximum atomic E-state index is 15.0. The van der Waals surface area contributed by atoms with Gasteiger partial charge in [0.15, 0.2) is 0 Å². The van der Waals surface area contributed by atoms with Crippen LogP contribution in [0.5, 0.6) is 0 Å². The Kier molecular flexibility index (Phi) is 4.91. The van der Waals surface area contributed by atoms with E-state index in [4.69, 9.17) is 6.42 Å². The summed E-state index contributed by atoms with van der Waals surface area (Å²) in [6.07, 6.45) is 7.19. The highest BCUT2D eigenvalue weighted by molar-refractivity contribution is 7.15. The largest absolute Gasteiger partial charge is 0.380 e. The SMILES string of the molecule is [C-]#Cc1cc(C2=C(c3cc(-c4ccccc4)sc3C)C(F)(F)C(F)(F)C2(F)F)c(C)s1. The Balaban J connectivity index is 2.06. The monoisotopic (exact) mass is 467 g/mol. The van der Waals surface area contributed by atoms with Crippen molar-refractivity contribution in [2.75, 3.05) is 0 Å². The molecule has 4 rings (SSSR count). The van der Waals surface area contributed by atoms with E-state index in [1.165, 1.54) is 19.9 Å². The summed E-state index contributed by atoms with van der Waals surface area (Å²) < 4.78 is 88.7. The van der Waals surface area contributed by atoms with Gasteiger partial charge >= 0.3 is 17.8 Å². The van der Waals surface area contributed by atoms with E-state index in [9.17, 15) is 26.3 Å². The molecule has 2 aromatic heterocycles. The average molecular weight is 467 g/mol. The first-order valence-corrected chi connectivity index (χ1v) is 10.6. The zero-order chi connectivity index (χ0) is 22.8. The summed E-state index contributed by atoms with van der Waals surface area (Å²) in [6, 6.07) is 11.0. The van der Waals surface area contributed by atoms with Gasteiger partial charge < -0.3 is 6.42 Å². The number of hydrogen-bond donors (Lipinski definition) is 0. The highest BCUT2D eigenvalue weighted by Gasteiger charge is 2.80. The predicted molar refractivity (Wildman–Crippen MR) is 111 cm³/mol.